The van der Waals surface area contributed by atoms with E-state index in [4.69, 9.17) is 4.98 Å². The van der Waals surface area contributed by atoms with E-state index in [1.165, 1.54) is 37.8 Å². The van der Waals surface area contributed by atoms with E-state index in [0.29, 0.717) is 25.4 Å². The predicted octanol–water partition coefficient (Wildman–Crippen LogP) is 2.33. The fourth-order valence-corrected chi connectivity index (χ4v) is 4.38. The molecule has 126 valence electrons. The Labute approximate surface area is 141 Å². The SMILES string of the molecule is CN1C[C@H](C(=O)NCCc2nc(C3CCCCC3)cs2)CC1=O. The van der Waals surface area contributed by atoms with E-state index in [0.717, 1.165) is 11.4 Å². The van der Waals surface area contributed by atoms with Crippen LogP contribution < -0.4 is 5.32 Å². The minimum absolute atomic E-state index is 0.00763. The van der Waals surface area contributed by atoms with Crippen LogP contribution in [0.1, 0.15) is 55.1 Å². The van der Waals surface area contributed by atoms with E-state index in [2.05, 4.69) is 10.7 Å². The van der Waals surface area contributed by atoms with Crippen LogP contribution in [0.3, 0.4) is 0 Å². The molecule has 6 heteroatoms. The van der Waals surface area contributed by atoms with Crippen LogP contribution in [0.4, 0.5) is 0 Å². The number of rotatable bonds is 5. The van der Waals surface area contributed by atoms with Gasteiger partial charge in [-0.05, 0) is 12.8 Å². The third kappa shape index (κ3) is 4.10. The van der Waals surface area contributed by atoms with Gasteiger partial charge in [-0.2, -0.15) is 0 Å². The smallest absolute Gasteiger partial charge is 0.225 e. The number of carbonyl (C=O) groups is 2. The van der Waals surface area contributed by atoms with Crippen molar-refractivity contribution < 1.29 is 9.59 Å². The molecule has 0 radical (unpaired) electrons. The van der Waals surface area contributed by atoms with Gasteiger partial charge in [0.05, 0.1) is 16.6 Å². The largest absolute Gasteiger partial charge is 0.355 e. The van der Waals surface area contributed by atoms with Crippen molar-refractivity contribution in [2.75, 3.05) is 20.1 Å². The lowest BCUT2D eigenvalue weighted by Gasteiger charge is -2.19. The molecule has 0 unspecified atom stereocenters. The molecule has 5 nitrogen and oxygen atoms in total. The first kappa shape index (κ1) is 16.4. The van der Waals surface area contributed by atoms with Gasteiger partial charge in [-0.15, -0.1) is 11.3 Å². The number of carbonyl (C=O) groups excluding carboxylic acids is 2. The van der Waals surface area contributed by atoms with E-state index in [1.54, 1.807) is 23.3 Å². The maximum absolute atomic E-state index is 12.1. The van der Waals surface area contributed by atoms with Crippen LogP contribution in [0.25, 0.3) is 0 Å². The molecular weight excluding hydrogens is 310 g/mol. The van der Waals surface area contributed by atoms with E-state index in [1.807, 2.05) is 0 Å². The normalized spacial score (nSPS) is 22.6. The van der Waals surface area contributed by atoms with Gasteiger partial charge in [0.25, 0.3) is 0 Å². The molecule has 23 heavy (non-hydrogen) atoms. The Kier molecular flexibility index (Phi) is 5.30. The van der Waals surface area contributed by atoms with Crippen LogP contribution >= 0.6 is 11.3 Å². The van der Waals surface area contributed by atoms with Crippen LogP contribution in [0.2, 0.25) is 0 Å². The second-order valence-electron chi connectivity index (χ2n) is 6.72. The molecule has 2 amide bonds. The molecule has 2 aliphatic rings. The fraction of sp³-hybridized carbons (Fsp3) is 0.706. The second kappa shape index (κ2) is 7.43. The Bertz CT molecular complexity index is 566. The minimum Gasteiger partial charge on any atom is -0.355 e. The first-order valence-electron chi connectivity index (χ1n) is 8.59. The van der Waals surface area contributed by atoms with Crippen molar-refractivity contribution in [1.29, 1.82) is 0 Å². The number of nitrogens with zero attached hydrogens (tertiary/aromatic N) is 2. The van der Waals surface area contributed by atoms with Crippen molar-refractivity contribution in [3.63, 3.8) is 0 Å². The Balaban J connectivity index is 1.43. The first-order valence-corrected chi connectivity index (χ1v) is 9.47. The summed E-state index contributed by atoms with van der Waals surface area (Å²) in [7, 11) is 1.75. The molecule has 0 spiro atoms. The zero-order chi connectivity index (χ0) is 16.2. The average Bonchev–Trinajstić information content (AvgIpc) is 3.16. The summed E-state index contributed by atoms with van der Waals surface area (Å²) in [6.07, 6.45) is 7.65. The zero-order valence-electron chi connectivity index (χ0n) is 13.7. The van der Waals surface area contributed by atoms with Crippen LogP contribution in [0, 0.1) is 5.92 Å². The number of hydrogen-bond acceptors (Lipinski definition) is 4. The zero-order valence-corrected chi connectivity index (χ0v) is 14.5. The van der Waals surface area contributed by atoms with E-state index < -0.39 is 0 Å². The molecule has 0 aromatic carbocycles. The Morgan fingerprint density at radius 1 is 1.39 bits per heavy atom. The number of nitrogens with one attached hydrogen (secondary N) is 1. The quantitative estimate of drug-likeness (QED) is 0.898. The summed E-state index contributed by atoms with van der Waals surface area (Å²) in [5.74, 6) is 0.499. The van der Waals surface area contributed by atoms with Crippen LogP contribution in [0.15, 0.2) is 5.38 Å². The predicted molar refractivity (Wildman–Crippen MR) is 90.4 cm³/mol. The number of amides is 2. The summed E-state index contributed by atoms with van der Waals surface area (Å²) in [6, 6.07) is 0. The maximum Gasteiger partial charge on any atom is 0.225 e. The molecule has 2 heterocycles. The number of hydrogen-bond donors (Lipinski definition) is 1. The van der Waals surface area contributed by atoms with Gasteiger partial charge in [0.1, 0.15) is 0 Å². The highest BCUT2D eigenvalue weighted by Gasteiger charge is 2.31. The Morgan fingerprint density at radius 2 is 2.17 bits per heavy atom. The van der Waals surface area contributed by atoms with Gasteiger partial charge in [0.15, 0.2) is 0 Å². The summed E-state index contributed by atoms with van der Waals surface area (Å²) in [5, 5.41) is 6.25. The van der Waals surface area contributed by atoms with Gasteiger partial charge >= 0.3 is 0 Å². The molecule has 1 aromatic rings. The Hall–Kier alpha value is -1.43. The van der Waals surface area contributed by atoms with Crippen molar-refractivity contribution in [3.05, 3.63) is 16.1 Å². The summed E-state index contributed by atoms with van der Waals surface area (Å²) in [4.78, 5) is 29.9. The van der Waals surface area contributed by atoms with E-state index >= 15 is 0 Å². The molecule has 1 N–H and O–H groups in total. The lowest BCUT2D eigenvalue weighted by atomic mass is 9.87. The number of likely N-dealkylation sites (tertiary alicyclic amines) is 1. The van der Waals surface area contributed by atoms with Crippen molar-refractivity contribution in [3.8, 4) is 0 Å². The molecule has 1 aliphatic carbocycles. The van der Waals surface area contributed by atoms with Crippen LogP contribution in [-0.4, -0.2) is 41.8 Å². The van der Waals surface area contributed by atoms with Gasteiger partial charge in [0, 0.05) is 44.3 Å². The Morgan fingerprint density at radius 3 is 2.87 bits per heavy atom. The lowest BCUT2D eigenvalue weighted by molar-refractivity contribution is -0.128. The van der Waals surface area contributed by atoms with Gasteiger partial charge in [-0.3, -0.25) is 9.59 Å². The van der Waals surface area contributed by atoms with Crippen LogP contribution in [0.5, 0.6) is 0 Å². The molecule has 3 rings (SSSR count). The number of aromatic nitrogens is 1. The highest BCUT2D eigenvalue weighted by Crippen LogP contribution is 2.33. The van der Waals surface area contributed by atoms with Gasteiger partial charge in [-0.1, -0.05) is 19.3 Å². The maximum atomic E-state index is 12.1. The standard InChI is InChI=1S/C17H25N3O2S/c1-20-10-13(9-16(20)21)17(22)18-8-7-15-19-14(11-23-15)12-5-3-2-4-6-12/h11-13H,2-10H2,1H3,(H,18,22)/t13-/m1/s1. The van der Waals surface area contributed by atoms with Gasteiger partial charge in [0.2, 0.25) is 11.8 Å². The van der Waals surface area contributed by atoms with Gasteiger partial charge < -0.3 is 10.2 Å². The van der Waals surface area contributed by atoms with Crippen molar-refractivity contribution in [1.82, 2.24) is 15.2 Å². The fourth-order valence-electron chi connectivity index (χ4n) is 3.50. The molecular formula is C17H25N3O2S. The molecule has 1 saturated heterocycles. The second-order valence-corrected chi connectivity index (χ2v) is 7.66. The topological polar surface area (TPSA) is 62.3 Å². The monoisotopic (exact) mass is 335 g/mol. The highest BCUT2D eigenvalue weighted by atomic mass is 32.1. The third-order valence-electron chi connectivity index (χ3n) is 4.94. The minimum atomic E-state index is -0.193. The molecule has 1 atom stereocenters. The van der Waals surface area contributed by atoms with Crippen molar-refractivity contribution in [2.24, 2.45) is 5.92 Å². The number of thiazole rings is 1. The van der Waals surface area contributed by atoms with E-state index in [9.17, 15) is 9.59 Å². The van der Waals surface area contributed by atoms with Gasteiger partial charge in [-0.25, -0.2) is 4.98 Å². The summed E-state index contributed by atoms with van der Waals surface area (Å²) >= 11 is 1.70. The summed E-state index contributed by atoms with van der Waals surface area (Å²) in [6.45, 7) is 1.14. The third-order valence-corrected chi connectivity index (χ3v) is 5.87. The highest BCUT2D eigenvalue weighted by molar-refractivity contribution is 7.09. The van der Waals surface area contributed by atoms with E-state index in [-0.39, 0.29) is 17.7 Å². The summed E-state index contributed by atoms with van der Waals surface area (Å²) in [5.41, 5.74) is 1.25. The summed E-state index contributed by atoms with van der Waals surface area (Å²) < 4.78 is 0. The molecule has 2 fully saturated rings. The van der Waals surface area contributed by atoms with Crippen molar-refractivity contribution >= 4 is 23.2 Å². The first-order chi connectivity index (χ1) is 11.1. The van der Waals surface area contributed by atoms with Crippen molar-refractivity contribution in [2.45, 2.75) is 50.9 Å². The molecule has 0 bridgehead atoms. The molecule has 1 saturated carbocycles. The average molecular weight is 335 g/mol. The molecule has 1 aliphatic heterocycles. The van der Waals surface area contributed by atoms with Crippen LogP contribution in [-0.2, 0) is 16.0 Å². The molecule has 1 aromatic heterocycles. The lowest BCUT2D eigenvalue weighted by Crippen LogP contribution is -2.33.